The van der Waals surface area contributed by atoms with Gasteiger partial charge in [0.15, 0.2) is 0 Å². The molecule has 2 N–H and O–H groups in total. The first-order valence-electron chi connectivity index (χ1n) is 6.01. The van der Waals surface area contributed by atoms with Gasteiger partial charge in [0.2, 0.25) is 0 Å². The summed E-state index contributed by atoms with van der Waals surface area (Å²) in [5.41, 5.74) is 0.697. The Morgan fingerprint density at radius 2 is 1.36 bits per heavy atom. The first-order valence-corrected chi connectivity index (χ1v) is 8.89. The maximum absolute atomic E-state index is 11.5. The quantitative estimate of drug-likeness (QED) is 0.653. The molecule has 0 aliphatic carbocycles. The van der Waals surface area contributed by atoms with Crippen molar-refractivity contribution in [3.63, 3.8) is 0 Å². The minimum atomic E-state index is -4.84. The van der Waals surface area contributed by atoms with Gasteiger partial charge in [0, 0.05) is 0 Å². The van der Waals surface area contributed by atoms with Gasteiger partial charge < -0.3 is 0 Å². The fourth-order valence-corrected chi connectivity index (χ4v) is 3.88. The van der Waals surface area contributed by atoms with Gasteiger partial charge in [0.25, 0.3) is 20.2 Å². The van der Waals surface area contributed by atoms with Crippen LogP contribution in [0.1, 0.15) is 11.1 Å². The van der Waals surface area contributed by atoms with Crippen LogP contribution in [0.3, 0.4) is 0 Å². The van der Waals surface area contributed by atoms with Crippen molar-refractivity contribution in [1.29, 1.82) is 0 Å². The van der Waals surface area contributed by atoms with Crippen LogP contribution in [0.15, 0.2) is 58.3 Å². The summed E-state index contributed by atoms with van der Waals surface area (Å²) < 4.78 is 63.9. The van der Waals surface area contributed by atoms with E-state index in [2.05, 4.69) is 0 Å². The third kappa shape index (κ3) is 3.80. The van der Waals surface area contributed by atoms with Crippen molar-refractivity contribution in [3.8, 4) is 0 Å². The van der Waals surface area contributed by atoms with Gasteiger partial charge in [-0.2, -0.15) is 16.8 Å². The van der Waals surface area contributed by atoms with Crippen LogP contribution in [0.5, 0.6) is 0 Å². The van der Waals surface area contributed by atoms with Crippen molar-refractivity contribution in [2.75, 3.05) is 0 Å². The Bertz CT molecular complexity index is 913. The zero-order valence-corrected chi connectivity index (χ0v) is 12.8. The lowest BCUT2D eigenvalue weighted by Crippen LogP contribution is -2.10. The lowest BCUT2D eigenvalue weighted by atomic mass is 10.1. The number of hydrogen-bond donors (Lipinski definition) is 2. The van der Waals surface area contributed by atoms with Crippen molar-refractivity contribution >= 4 is 32.4 Å². The van der Waals surface area contributed by atoms with Gasteiger partial charge in [-0.15, -0.1) is 0 Å². The number of benzene rings is 2. The van der Waals surface area contributed by atoms with Gasteiger partial charge in [0.05, 0.1) is 0 Å². The molecule has 2 rings (SSSR count). The maximum Gasteiger partial charge on any atom is 0.296 e. The first kappa shape index (κ1) is 16.4. The fourth-order valence-electron chi connectivity index (χ4n) is 1.89. The third-order valence-corrected chi connectivity index (χ3v) is 4.80. The zero-order valence-electron chi connectivity index (χ0n) is 11.1. The van der Waals surface area contributed by atoms with E-state index >= 15 is 0 Å². The van der Waals surface area contributed by atoms with E-state index in [-0.39, 0.29) is 5.56 Å². The van der Waals surface area contributed by atoms with E-state index in [0.29, 0.717) is 0 Å². The molecule has 0 aromatic heterocycles. The largest absolute Gasteiger partial charge is 0.296 e. The molecular formula is C14H12O6S2. The smallest absolute Gasteiger partial charge is 0.282 e. The molecule has 0 saturated heterocycles. The number of rotatable bonds is 4. The van der Waals surface area contributed by atoms with Crippen molar-refractivity contribution in [3.05, 3.63) is 59.7 Å². The molecule has 8 heteroatoms. The zero-order chi connectivity index (χ0) is 16.4. The van der Waals surface area contributed by atoms with Crippen LogP contribution < -0.4 is 0 Å². The lowest BCUT2D eigenvalue weighted by Gasteiger charge is -2.07. The standard InChI is InChI=1S/C14H12O6S2/c15-21(16,17)13-8-4-7-12(14(13)22(18,19)20)10-9-11-5-2-1-3-6-11/h1-10H,(H,15,16,17)(H,18,19,20)/b10-9+. The van der Waals surface area contributed by atoms with Crippen molar-refractivity contribution in [2.24, 2.45) is 0 Å². The van der Waals surface area contributed by atoms with Crippen LogP contribution in [0, 0.1) is 0 Å². The molecule has 0 aliphatic rings. The van der Waals surface area contributed by atoms with Gasteiger partial charge in [-0.05, 0) is 17.2 Å². The molecular weight excluding hydrogens is 328 g/mol. The van der Waals surface area contributed by atoms with Crippen molar-refractivity contribution in [1.82, 2.24) is 0 Å². The molecule has 0 radical (unpaired) electrons. The van der Waals surface area contributed by atoms with Gasteiger partial charge in [-0.3, -0.25) is 9.11 Å². The highest BCUT2D eigenvalue weighted by Crippen LogP contribution is 2.26. The van der Waals surface area contributed by atoms with Gasteiger partial charge in [-0.25, -0.2) is 0 Å². The van der Waals surface area contributed by atoms with E-state index in [1.165, 1.54) is 18.2 Å². The molecule has 0 saturated carbocycles. The summed E-state index contributed by atoms with van der Waals surface area (Å²) in [5.74, 6) is 0. The average Bonchev–Trinajstić information content (AvgIpc) is 2.44. The van der Waals surface area contributed by atoms with Gasteiger partial charge in [-0.1, -0.05) is 54.6 Å². The molecule has 22 heavy (non-hydrogen) atoms. The molecule has 0 fully saturated rings. The van der Waals surface area contributed by atoms with E-state index in [9.17, 15) is 21.4 Å². The van der Waals surface area contributed by atoms with Crippen LogP contribution in [0.2, 0.25) is 0 Å². The van der Waals surface area contributed by atoms with Crippen LogP contribution in [0.4, 0.5) is 0 Å². The Balaban J connectivity index is 2.65. The third-order valence-electron chi connectivity index (χ3n) is 2.80. The Hall–Kier alpha value is -2.00. The molecule has 0 spiro atoms. The molecule has 0 amide bonds. The fraction of sp³-hybridized carbons (Fsp3) is 0. The molecule has 0 unspecified atom stereocenters. The first-order chi connectivity index (χ1) is 10.2. The monoisotopic (exact) mass is 340 g/mol. The van der Waals surface area contributed by atoms with Crippen molar-refractivity contribution in [2.45, 2.75) is 9.79 Å². The summed E-state index contributed by atoms with van der Waals surface area (Å²) in [5, 5.41) is 0. The van der Waals surface area contributed by atoms with Gasteiger partial charge >= 0.3 is 0 Å². The second-order valence-electron chi connectivity index (χ2n) is 4.37. The van der Waals surface area contributed by atoms with E-state index in [4.69, 9.17) is 4.55 Å². The molecule has 6 nitrogen and oxygen atoms in total. The highest BCUT2D eigenvalue weighted by Gasteiger charge is 2.26. The second kappa shape index (κ2) is 6.01. The summed E-state index contributed by atoms with van der Waals surface area (Å²) in [6, 6.07) is 12.4. The van der Waals surface area contributed by atoms with Crippen molar-refractivity contribution < 1.29 is 25.9 Å². The predicted molar refractivity (Wildman–Crippen MR) is 81.4 cm³/mol. The summed E-state index contributed by atoms with van der Waals surface area (Å²) >= 11 is 0. The Morgan fingerprint density at radius 1 is 0.727 bits per heavy atom. The van der Waals surface area contributed by atoms with Crippen LogP contribution in [-0.4, -0.2) is 25.9 Å². The molecule has 2 aromatic carbocycles. The topological polar surface area (TPSA) is 109 Å². The lowest BCUT2D eigenvalue weighted by molar-refractivity contribution is 0.466. The SMILES string of the molecule is O=S(=O)(O)c1cccc(/C=C/c2ccccc2)c1S(=O)(=O)O. The number of hydrogen-bond acceptors (Lipinski definition) is 4. The van der Waals surface area contributed by atoms with Crippen LogP contribution >= 0.6 is 0 Å². The molecule has 116 valence electrons. The Kier molecular flexibility index (Phi) is 4.47. The molecule has 0 heterocycles. The molecule has 2 aromatic rings. The Morgan fingerprint density at radius 3 is 1.91 bits per heavy atom. The van der Waals surface area contributed by atoms with Crippen LogP contribution in [-0.2, 0) is 20.2 Å². The average molecular weight is 340 g/mol. The summed E-state index contributed by atoms with van der Waals surface area (Å²) in [6.07, 6.45) is 2.89. The van der Waals surface area contributed by atoms with E-state index in [1.807, 2.05) is 0 Å². The van der Waals surface area contributed by atoms with Gasteiger partial charge in [0.1, 0.15) is 9.79 Å². The highest BCUT2D eigenvalue weighted by molar-refractivity contribution is 7.89. The maximum atomic E-state index is 11.5. The normalized spacial score (nSPS) is 12.6. The highest BCUT2D eigenvalue weighted by atomic mass is 32.2. The van der Waals surface area contributed by atoms with Crippen LogP contribution in [0.25, 0.3) is 12.2 Å². The summed E-state index contributed by atoms with van der Waals surface area (Å²) in [7, 11) is -9.64. The predicted octanol–water partition coefficient (Wildman–Crippen LogP) is 2.35. The second-order valence-corrected chi connectivity index (χ2v) is 7.12. The minimum absolute atomic E-state index is 0.0542. The molecule has 0 aliphatic heterocycles. The minimum Gasteiger partial charge on any atom is -0.282 e. The summed E-state index contributed by atoms with van der Waals surface area (Å²) in [6.45, 7) is 0. The Labute approximate surface area is 128 Å². The van der Waals surface area contributed by atoms with E-state index in [0.717, 1.165) is 11.6 Å². The molecule has 0 atom stereocenters. The molecule has 0 bridgehead atoms. The summed E-state index contributed by atoms with van der Waals surface area (Å²) in [4.78, 5) is -1.73. The van der Waals surface area contributed by atoms with E-state index < -0.39 is 30.0 Å². The van der Waals surface area contributed by atoms with E-state index in [1.54, 1.807) is 36.4 Å².